The van der Waals surface area contributed by atoms with Gasteiger partial charge < -0.3 is 4.74 Å². The summed E-state index contributed by atoms with van der Waals surface area (Å²) in [6, 6.07) is 0. The molecule has 80 valence electrons. The molecule has 0 radical (unpaired) electrons. The van der Waals surface area contributed by atoms with Crippen LogP contribution in [0.4, 0.5) is 0 Å². The van der Waals surface area contributed by atoms with Gasteiger partial charge in [0.15, 0.2) is 0 Å². The summed E-state index contributed by atoms with van der Waals surface area (Å²) in [4.78, 5) is 11.3. The normalized spacial score (nSPS) is 28.5. The van der Waals surface area contributed by atoms with Crippen molar-refractivity contribution < 1.29 is 9.53 Å². The molecule has 1 aliphatic rings. The Bertz CT molecular complexity index is 230. The summed E-state index contributed by atoms with van der Waals surface area (Å²) in [5, 5.41) is 0. The van der Waals surface area contributed by atoms with Crippen molar-refractivity contribution in [3.05, 3.63) is 12.7 Å². The number of hydrogen-bond donors (Lipinski definition) is 0. The molecule has 0 amide bonds. The minimum atomic E-state index is 0.0326. The monoisotopic (exact) mass is 196 g/mol. The van der Waals surface area contributed by atoms with Crippen LogP contribution in [0.5, 0.6) is 0 Å². The predicted octanol–water partition coefficient (Wildman–Crippen LogP) is 2.73. The molecule has 0 aliphatic heterocycles. The largest absolute Gasteiger partial charge is 0.370 e. The van der Waals surface area contributed by atoms with E-state index in [-0.39, 0.29) is 17.6 Å². The fraction of sp³-hybridized carbons (Fsp3) is 0.750. The fourth-order valence-electron chi connectivity index (χ4n) is 1.75. The molecule has 0 heterocycles. The molecule has 1 rings (SSSR count). The van der Waals surface area contributed by atoms with Crippen molar-refractivity contribution in [2.45, 2.75) is 52.2 Å². The second-order valence-electron chi connectivity index (χ2n) is 4.80. The Labute approximate surface area is 86.3 Å². The lowest BCUT2D eigenvalue weighted by Gasteiger charge is -2.38. The van der Waals surface area contributed by atoms with Gasteiger partial charge in [0.25, 0.3) is 0 Å². The maximum Gasteiger partial charge on any atom is 0.135 e. The summed E-state index contributed by atoms with van der Waals surface area (Å²) in [7, 11) is 0. The zero-order chi connectivity index (χ0) is 10.8. The van der Waals surface area contributed by atoms with Crippen LogP contribution in [-0.4, -0.2) is 18.0 Å². The predicted molar refractivity (Wildman–Crippen MR) is 57.2 cm³/mol. The van der Waals surface area contributed by atoms with Gasteiger partial charge in [0, 0.05) is 12.8 Å². The van der Waals surface area contributed by atoms with Gasteiger partial charge in [-0.1, -0.05) is 19.9 Å². The topological polar surface area (TPSA) is 26.3 Å². The van der Waals surface area contributed by atoms with Crippen LogP contribution >= 0.6 is 0 Å². The molecule has 2 nitrogen and oxygen atoms in total. The zero-order valence-electron chi connectivity index (χ0n) is 9.38. The molecule has 2 heteroatoms. The zero-order valence-corrected chi connectivity index (χ0v) is 9.38. The first-order chi connectivity index (χ1) is 6.45. The first kappa shape index (κ1) is 11.4. The molecular formula is C12H20O2. The smallest absolute Gasteiger partial charge is 0.135 e. The Morgan fingerprint density at radius 2 is 2.29 bits per heavy atom. The van der Waals surface area contributed by atoms with E-state index in [4.69, 9.17) is 4.74 Å². The van der Waals surface area contributed by atoms with E-state index in [1.54, 1.807) is 6.08 Å². The average molecular weight is 196 g/mol. The lowest BCUT2D eigenvalue weighted by molar-refractivity contribution is -0.133. The van der Waals surface area contributed by atoms with Gasteiger partial charge in [-0.05, 0) is 18.8 Å². The van der Waals surface area contributed by atoms with Gasteiger partial charge in [-0.25, -0.2) is 0 Å². The quantitative estimate of drug-likeness (QED) is 0.649. The molecule has 0 aromatic heterocycles. The number of Topliss-reactive ketones (excluding diaryl/α,β-unsaturated/α-hetero) is 1. The number of carbonyl (C=O) groups is 1. The Balaban J connectivity index is 2.62. The summed E-state index contributed by atoms with van der Waals surface area (Å²) < 4.78 is 5.79. The van der Waals surface area contributed by atoms with Gasteiger partial charge >= 0.3 is 0 Å². The van der Waals surface area contributed by atoms with Crippen LogP contribution in [-0.2, 0) is 9.53 Å². The number of ketones is 1. The van der Waals surface area contributed by atoms with Crippen molar-refractivity contribution >= 4 is 5.78 Å². The second-order valence-corrected chi connectivity index (χ2v) is 4.80. The van der Waals surface area contributed by atoms with Crippen LogP contribution in [0.15, 0.2) is 12.7 Å². The summed E-state index contributed by atoms with van der Waals surface area (Å²) in [6.07, 6.45) is 4.05. The summed E-state index contributed by atoms with van der Waals surface area (Å²) in [5.41, 5.74) is 0.116. The number of ether oxygens (including phenoxy) is 1. The van der Waals surface area contributed by atoms with E-state index in [0.29, 0.717) is 18.6 Å². The van der Waals surface area contributed by atoms with Crippen LogP contribution in [0.3, 0.4) is 0 Å². The maximum atomic E-state index is 11.3. The lowest BCUT2D eigenvalue weighted by Crippen LogP contribution is -2.40. The Morgan fingerprint density at radius 3 is 2.86 bits per heavy atom. The van der Waals surface area contributed by atoms with Crippen LogP contribution in [0.2, 0.25) is 0 Å². The van der Waals surface area contributed by atoms with Gasteiger partial charge in [-0.2, -0.15) is 0 Å². The molecule has 0 spiro atoms. The molecule has 0 saturated heterocycles. The lowest BCUT2D eigenvalue weighted by atomic mass is 9.74. The van der Waals surface area contributed by atoms with Crippen molar-refractivity contribution in [1.29, 1.82) is 0 Å². The molecule has 2 atom stereocenters. The molecule has 0 N–H and O–H groups in total. The number of hydrogen-bond acceptors (Lipinski definition) is 2. The molecule has 1 fully saturated rings. The molecule has 0 aromatic carbocycles. The van der Waals surface area contributed by atoms with Crippen molar-refractivity contribution in [2.24, 2.45) is 5.41 Å². The van der Waals surface area contributed by atoms with Crippen LogP contribution in [0.25, 0.3) is 0 Å². The SMILES string of the molecule is C=CC(C)OC1CC(=O)CCC1(C)C. The Morgan fingerprint density at radius 1 is 1.64 bits per heavy atom. The first-order valence-electron chi connectivity index (χ1n) is 5.25. The third kappa shape index (κ3) is 2.68. The van der Waals surface area contributed by atoms with Crippen molar-refractivity contribution in [2.75, 3.05) is 0 Å². The number of carbonyl (C=O) groups excluding carboxylic acids is 1. The highest BCUT2D eigenvalue weighted by Gasteiger charge is 2.36. The van der Waals surface area contributed by atoms with E-state index in [0.717, 1.165) is 6.42 Å². The van der Waals surface area contributed by atoms with E-state index in [2.05, 4.69) is 20.4 Å². The highest BCUT2D eigenvalue weighted by molar-refractivity contribution is 5.79. The highest BCUT2D eigenvalue weighted by atomic mass is 16.5. The Kier molecular flexibility index (Phi) is 3.48. The molecule has 1 aliphatic carbocycles. The Hall–Kier alpha value is -0.630. The summed E-state index contributed by atoms with van der Waals surface area (Å²) >= 11 is 0. The van der Waals surface area contributed by atoms with Crippen LogP contribution < -0.4 is 0 Å². The van der Waals surface area contributed by atoms with Gasteiger partial charge in [0.2, 0.25) is 0 Å². The third-order valence-electron chi connectivity index (χ3n) is 3.04. The molecule has 14 heavy (non-hydrogen) atoms. The molecule has 1 saturated carbocycles. The fourth-order valence-corrected chi connectivity index (χ4v) is 1.75. The minimum absolute atomic E-state index is 0.0326. The highest BCUT2D eigenvalue weighted by Crippen LogP contribution is 2.36. The van der Waals surface area contributed by atoms with E-state index < -0.39 is 0 Å². The van der Waals surface area contributed by atoms with Crippen molar-refractivity contribution in [3.63, 3.8) is 0 Å². The van der Waals surface area contributed by atoms with Crippen LogP contribution in [0.1, 0.15) is 40.0 Å². The van der Waals surface area contributed by atoms with Gasteiger partial charge in [0.05, 0.1) is 12.2 Å². The summed E-state index contributed by atoms with van der Waals surface area (Å²) in [6.45, 7) is 9.98. The van der Waals surface area contributed by atoms with Gasteiger partial charge in [-0.3, -0.25) is 4.79 Å². The van der Waals surface area contributed by atoms with E-state index in [1.807, 2.05) is 6.92 Å². The van der Waals surface area contributed by atoms with E-state index in [1.165, 1.54) is 0 Å². The van der Waals surface area contributed by atoms with Crippen LogP contribution in [0, 0.1) is 5.41 Å². The molecule has 0 aromatic rings. The summed E-state index contributed by atoms with van der Waals surface area (Å²) in [5.74, 6) is 0.325. The van der Waals surface area contributed by atoms with E-state index >= 15 is 0 Å². The van der Waals surface area contributed by atoms with Crippen molar-refractivity contribution in [3.8, 4) is 0 Å². The first-order valence-corrected chi connectivity index (χ1v) is 5.25. The maximum absolute atomic E-state index is 11.3. The molecule has 2 unspecified atom stereocenters. The average Bonchev–Trinajstić information content (AvgIpc) is 2.12. The second kappa shape index (κ2) is 4.26. The molecular weight excluding hydrogens is 176 g/mol. The van der Waals surface area contributed by atoms with Gasteiger partial charge in [0.1, 0.15) is 5.78 Å². The van der Waals surface area contributed by atoms with Crippen molar-refractivity contribution in [1.82, 2.24) is 0 Å². The van der Waals surface area contributed by atoms with Gasteiger partial charge in [-0.15, -0.1) is 6.58 Å². The van der Waals surface area contributed by atoms with E-state index in [9.17, 15) is 4.79 Å². The third-order valence-corrected chi connectivity index (χ3v) is 3.04. The minimum Gasteiger partial charge on any atom is -0.370 e. The number of rotatable bonds is 3. The molecule has 0 bridgehead atoms. The standard InChI is InChI=1S/C12H20O2/c1-5-9(2)14-11-8-10(13)6-7-12(11,3)4/h5,9,11H,1,6-8H2,2-4H3.